The molecule has 2 N–H and O–H groups in total. The molecule has 0 aliphatic heterocycles. The van der Waals surface area contributed by atoms with Gasteiger partial charge >= 0.3 is 0 Å². The van der Waals surface area contributed by atoms with Gasteiger partial charge in [0, 0.05) is 25.0 Å². The van der Waals surface area contributed by atoms with Crippen molar-refractivity contribution in [1.29, 1.82) is 0 Å². The third-order valence-electron chi connectivity index (χ3n) is 3.48. The van der Waals surface area contributed by atoms with Crippen molar-refractivity contribution in [1.82, 2.24) is 14.7 Å². The SMILES string of the molecule is CCC(CCO)NC(=O)c1cnc2c(C)cccn2c1=O. The predicted octanol–water partition coefficient (Wildman–Crippen LogP) is 0.894. The van der Waals surface area contributed by atoms with Crippen molar-refractivity contribution in [3.63, 3.8) is 0 Å². The molecule has 21 heavy (non-hydrogen) atoms. The second-order valence-electron chi connectivity index (χ2n) is 4.95. The summed E-state index contributed by atoms with van der Waals surface area (Å²) >= 11 is 0. The number of carbonyl (C=O) groups is 1. The molecule has 0 bridgehead atoms. The zero-order valence-electron chi connectivity index (χ0n) is 12.2. The van der Waals surface area contributed by atoms with Crippen molar-refractivity contribution in [3.8, 4) is 0 Å². The summed E-state index contributed by atoms with van der Waals surface area (Å²) in [5, 5.41) is 11.7. The fourth-order valence-electron chi connectivity index (χ4n) is 2.20. The van der Waals surface area contributed by atoms with Crippen LogP contribution in [0, 0.1) is 6.92 Å². The highest BCUT2D eigenvalue weighted by Gasteiger charge is 2.16. The fourth-order valence-corrected chi connectivity index (χ4v) is 2.20. The Labute approximate surface area is 122 Å². The van der Waals surface area contributed by atoms with Crippen LogP contribution >= 0.6 is 0 Å². The van der Waals surface area contributed by atoms with Crippen molar-refractivity contribution in [3.05, 3.63) is 46.0 Å². The van der Waals surface area contributed by atoms with E-state index in [9.17, 15) is 9.59 Å². The Bertz CT molecular complexity index is 709. The first-order valence-corrected chi connectivity index (χ1v) is 6.97. The number of pyridine rings is 1. The van der Waals surface area contributed by atoms with Crippen molar-refractivity contribution in [2.24, 2.45) is 0 Å². The number of aromatic nitrogens is 2. The van der Waals surface area contributed by atoms with Crippen LogP contribution < -0.4 is 10.9 Å². The third-order valence-corrected chi connectivity index (χ3v) is 3.48. The first-order chi connectivity index (χ1) is 10.1. The second kappa shape index (κ2) is 6.49. The summed E-state index contributed by atoms with van der Waals surface area (Å²) < 4.78 is 1.37. The summed E-state index contributed by atoms with van der Waals surface area (Å²) in [5.41, 5.74) is 1.03. The molecular formula is C15H19N3O3. The third kappa shape index (κ3) is 3.11. The maximum atomic E-state index is 12.4. The first-order valence-electron chi connectivity index (χ1n) is 6.97. The van der Waals surface area contributed by atoms with Crippen molar-refractivity contribution in [2.75, 3.05) is 6.61 Å². The number of aliphatic hydroxyl groups excluding tert-OH is 1. The van der Waals surface area contributed by atoms with Crippen LogP contribution in [0.5, 0.6) is 0 Å². The van der Waals surface area contributed by atoms with Gasteiger partial charge in [-0.3, -0.25) is 14.0 Å². The number of fused-ring (bicyclic) bond motifs is 1. The lowest BCUT2D eigenvalue weighted by Gasteiger charge is -2.15. The average Bonchev–Trinajstić information content (AvgIpc) is 2.48. The molecular weight excluding hydrogens is 270 g/mol. The van der Waals surface area contributed by atoms with Gasteiger partial charge in [0.25, 0.3) is 11.5 Å². The van der Waals surface area contributed by atoms with Crippen LogP contribution in [0.3, 0.4) is 0 Å². The maximum Gasteiger partial charge on any atom is 0.270 e. The van der Waals surface area contributed by atoms with Gasteiger partial charge in [-0.05, 0) is 31.4 Å². The fraction of sp³-hybridized carbons (Fsp3) is 0.400. The summed E-state index contributed by atoms with van der Waals surface area (Å²) in [5.74, 6) is -0.455. The summed E-state index contributed by atoms with van der Waals surface area (Å²) in [7, 11) is 0. The molecule has 2 heterocycles. The number of hydrogen-bond acceptors (Lipinski definition) is 4. The van der Waals surface area contributed by atoms with E-state index in [-0.39, 0.29) is 23.8 Å². The van der Waals surface area contributed by atoms with E-state index in [1.165, 1.54) is 10.6 Å². The molecule has 0 radical (unpaired) electrons. The Morgan fingerprint density at radius 3 is 2.95 bits per heavy atom. The minimum absolute atomic E-state index is 0.00701. The maximum absolute atomic E-state index is 12.4. The molecule has 6 heteroatoms. The monoisotopic (exact) mass is 289 g/mol. The molecule has 0 fully saturated rings. The van der Waals surface area contributed by atoms with Crippen LogP contribution in [-0.4, -0.2) is 33.0 Å². The van der Waals surface area contributed by atoms with Crippen molar-refractivity contribution < 1.29 is 9.90 Å². The van der Waals surface area contributed by atoms with Crippen LogP contribution in [0.15, 0.2) is 29.3 Å². The van der Waals surface area contributed by atoms with Crippen LogP contribution in [0.2, 0.25) is 0 Å². The predicted molar refractivity (Wildman–Crippen MR) is 79.4 cm³/mol. The molecule has 0 aliphatic rings. The molecule has 0 aromatic carbocycles. The lowest BCUT2D eigenvalue weighted by Crippen LogP contribution is -2.38. The van der Waals surface area contributed by atoms with Crippen LogP contribution in [-0.2, 0) is 0 Å². The molecule has 0 saturated heterocycles. The van der Waals surface area contributed by atoms with E-state index in [4.69, 9.17) is 5.11 Å². The molecule has 1 atom stereocenters. The van der Waals surface area contributed by atoms with Gasteiger partial charge in [-0.25, -0.2) is 4.98 Å². The average molecular weight is 289 g/mol. The van der Waals surface area contributed by atoms with Crippen LogP contribution in [0.4, 0.5) is 0 Å². The largest absolute Gasteiger partial charge is 0.396 e. The summed E-state index contributed by atoms with van der Waals surface area (Å²) in [4.78, 5) is 28.7. The highest BCUT2D eigenvalue weighted by molar-refractivity contribution is 5.93. The number of nitrogens with zero attached hydrogens (tertiary/aromatic N) is 2. The number of carbonyl (C=O) groups excluding carboxylic acids is 1. The molecule has 0 saturated carbocycles. The molecule has 6 nitrogen and oxygen atoms in total. The van der Waals surface area contributed by atoms with E-state index in [0.717, 1.165) is 5.56 Å². The molecule has 2 aromatic heterocycles. The summed E-state index contributed by atoms with van der Waals surface area (Å²) in [6, 6.07) is 3.45. The van der Waals surface area contributed by atoms with E-state index in [2.05, 4.69) is 10.3 Å². The highest BCUT2D eigenvalue weighted by Crippen LogP contribution is 2.05. The number of nitrogens with one attached hydrogen (secondary N) is 1. The van der Waals surface area contributed by atoms with Crippen LogP contribution in [0.1, 0.15) is 35.7 Å². The van der Waals surface area contributed by atoms with Gasteiger partial charge in [0.1, 0.15) is 11.2 Å². The zero-order chi connectivity index (χ0) is 15.4. The number of rotatable bonds is 5. The normalized spacial score (nSPS) is 12.3. The van der Waals surface area contributed by atoms with Gasteiger partial charge in [0.15, 0.2) is 0 Å². The molecule has 112 valence electrons. The standard InChI is InChI=1S/C15H19N3O3/c1-3-11(6-8-19)17-14(20)12-9-16-13-10(2)5-4-7-18(13)15(12)21/h4-5,7,9,11,19H,3,6,8H2,1-2H3,(H,17,20). The van der Waals surface area contributed by atoms with Gasteiger partial charge in [-0.15, -0.1) is 0 Å². The zero-order valence-corrected chi connectivity index (χ0v) is 12.2. The Kier molecular flexibility index (Phi) is 4.70. The minimum atomic E-state index is -0.455. The Morgan fingerprint density at radius 1 is 1.52 bits per heavy atom. The Hall–Kier alpha value is -2.21. The number of aryl methyl sites for hydroxylation is 1. The van der Waals surface area contributed by atoms with Crippen molar-refractivity contribution >= 4 is 11.6 Å². The van der Waals surface area contributed by atoms with Gasteiger partial charge < -0.3 is 10.4 Å². The van der Waals surface area contributed by atoms with E-state index in [1.807, 2.05) is 19.9 Å². The van der Waals surface area contributed by atoms with E-state index < -0.39 is 5.91 Å². The molecule has 2 aromatic rings. The molecule has 0 aliphatic carbocycles. The van der Waals surface area contributed by atoms with Gasteiger partial charge in [-0.2, -0.15) is 0 Å². The quantitative estimate of drug-likeness (QED) is 0.856. The van der Waals surface area contributed by atoms with Gasteiger partial charge in [0.2, 0.25) is 0 Å². The smallest absolute Gasteiger partial charge is 0.270 e. The Balaban J connectivity index is 2.36. The lowest BCUT2D eigenvalue weighted by atomic mass is 10.1. The highest BCUT2D eigenvalue weighted by atomic mass is 16.3. The minimum Gasteiger partial charge on any atom is -0.396 e. The lowest BCUT2D eigenvalue weighted by molar-refractivity contribution is 0.0927. The molecule has 1 amide bonds. The summed E-state index contributed by atoms with van der Waals surface area (Å²) in [6.07, 6.45) is 4.06. The first kappa shape index (κ1) is 15.2. The van der Waals surface area contributed by atoms with E-state index >= 15 is 0 Å². The topological polar surface area (TPSA) is 83.7 Å². The number of aliphatic hydroxyl groups is 1. The van der Waals surface area contributed by atoms with Gasteiger partial charge in [0.05, 0.1) is 0 Å². The number of hydrogen-bond donors (Lipinski definition) is 2. The van der Waals surface area contributed by atoms with Crippen molar-refractivity contribution in [2.45, 2.75) is 32.7 Å². The van der Waals surface area contributed by atoms with E-state index in [0.29, 0.717) is 18.5 Å². The molecule has 0 spiro atoms. The molecule has 2 rings (SSSR count). The van der Waals surface area contributed by atoms with Gasteiger partial charge in [-0.1, -0.05) is 13.0 Å². The van der Waals surface area contributed by atoms with Crippen LogP contribution in [0.25, 0.3) is 5.65 Å². The second-order valence-corrected chi connectivity index (χ2v) is 4.95. The summed E-state index contributed by atoms with van der Waals surface area (Å²) in [6.45, 7) is 3.76. The van der Waals surface area contributed by atoms with E-state index in [1.54, 1.807) is 12.3 Å². The Morgan fingerprint density at radius 2 is 2.29 bits per heavy atom. The molecule has 1 unspecified atom stereocenters. The number of amides is 1.